The largest absolute Gasteiger partial charge is 0.357 e. The first kappa shape index (κ1) is 33.9. The van der Waals surface area contributed by atoms with Gasteiger partial charge in [0.05, 0.1) is 17.8 Å². The summed E-state index contributed by atoms with van der Waals surface area (Å²) >= 11 is 0. The van der Waals surface area contributed by atoms with Crippen molar-refractivity contribution in [2.45, 2.75) is 39.2 Å². The van der Waals surface area contributed by atoms with Gasteiger partial charge in [0.1, 0.15) is 23.2 Å². The topological polar surface area (TPSA) is 153 Å². The smallest absolute Gasteiger partial charge is 0.270 e. The van der Waals surface area contributed by atoms with Gasteiger partial charge >= 0.3 is 0 Å². The summed E-state index contributed by atoms with van der Waals surface area (Å²) in [4.78, 5) is 58.2. The minimum Gasteiger partial charge on any atom is -0.357 e. The summed E-state index contributed by atoms with van der Waals surface area (Å²) in [7, 11) is 3.55. The highest BCUT2D eigenvalue weighted by molar-refractivity contribution is 6.05. The second kappa shape index (κ2) is 14.0. The Morgan fingerprint density at radius 2 is 1.83 bits per heavy atom. The lowest BCUT2D eigenvalue weighted by Crippen LogP contribution is -2.47. The fourth-order valence-corrected chi connectivity index (χ4v) is 6.46. The Hall–Kier alpha value is -6.61. The molecule has 0 aliphatic carbocycles. The molecule has 1 aliphatic heterocycles. The summed E-state index contributed by atoms with van der Waals surface area (Å²) in [5.41, 5.74) is 7.17. The summed E-state index contributed by atoms with van der Waals surface area (Å²) in [6.07, 6.45) is 4.99. The number of imide groups is 1. The Morgan fingerprint density at radius 3 is 2.60 bits per heavy atom. The van der Waals surface area contributed by atoms with Crippen LogP contribution in [0.1, 0.15) is 47.1 Å². The second-order valence-corrected chi connectivity index (χ2v) is 12.8. The molecule has 1 atom stereocenters. The third-order valence-corrected chi connectivity index (χ3v) is 9.33. The van der Waals surface area contributed by atoms with Crippen LogP contribution in [0.3, 0.4) is 0 Å². The third kappa shape index (κ3) is 6.64. The molecule has 0 bridgehead atoms. The number of nitrogens with one attached hydrogen (secondary N) is 3. The number of rotatable bonds is 7. The maximum Gasteiger partial charge on any atom is 0.270 e. The lowest BCUT2D eigenvalue weighted by atomic mass is 9.93. The minimum atomic E-state index is -0.546. The Balaban J connectivity index is 1.05. The molecule has 12 nitrogen and oxygen atoms in total. The maximum atomic E-state index is 12.8. The van der Waals surface area contributed by atoms with Crippen molar-refractivity contribution in [3.63, 3.8) is 0 Å². The first-order chi connectivity index (χ1) is 25.1. The van der Waals surface area contributed by atoms with Gasteiger partial charge in [0, 0.05) is 60.9 Å². The second-order valence-electron chi connectivity index (χ2n) is 12.8. The van der Waals surface area contributed by atoms with Crippen molar-refractivity contribution in [1.82, 2.24) is 34.9 Å². The van der Waals surface area contributed by atoms with Gasteiger partial charge in [-0.25, -0.2) is 0 Å². The van der Waals surface area contributed by atoms with Crippen molar-refractivity contribution in [2.75, 3.05) is 11.9 Å². The highest BCUT2D eigenvalue weighted by Crippen LogP contribution is 2.36. The molecule has 7 rings (SSSR count). The number of carbonyl (C=O) groups excluding carboxylic acids is 3. The van der Waals surface area contributed by atoms with Crippen LogP contribution in [0.2, 0.25) is 0 Å². The first-order valence-corrected chi connectivity index (χ1v) is 17.0. The van der Waals surface area contributed by atoms with Crippen LogP contribution in [0.4, 0.5) is 5.82 Å². The molecule has 1 unspecified atom stereocenters. The molecule has 4 aromatic heterocycles. The zero-order valence-electron chi connectivity index (χ0n) is 29.2. The van der Waals surface area contributed by atoms with Crippen molar-refractivity contribution in [2.24, 2.45) is 14.1 Å². The molecule has 0 spiro atoms. The molecule has 1 fully saturated rings. The number of nitrogens with zero attached hydrogens (tertiary/aromatic N) is 5. The first-order valence-electron chi connectivity index (χ1n) is 17.0. The summed E-state index contributed by atoms with van der Waals surface area (Å²) in [6, 6.07) is 19.1. The van der Waals surface area contributed by atoms with E-state index in [4.69, 9.17) is 4.98 Å². The summed E-state index contributed by atoms with van der Waals surface area (Å²) in [5, 5.41) is 15.5. The van der Waals surface area contributed by atoms with Crippen LogP contribution in [0.25, 0.3) is 44.1 Å². The Kier molecular flexibility index (Phi) is 9.09. The number of piperidine rings is 1. The minimum absolute atomic E-state index is 0.000465. The van der Waals surface area contributed by atoms with Gasteiger partial charge in [-0.3, -0.25) is 39.1 Å². The van der Waals surface area contributed by atoms with E-state index >= 15 is 0 Å². The molecule has 6 aromatic rings. The van der Waals surface area contributed by atoms with E-state index in [1.54, 1.807) is 34.6 Å². The monoisotopic (exact) mass is 692 g/mol. The summed E-state index contributed by atoms with van der Waals surface area (Å²) < 4.78 is 3.30. The Bertz CT molecular complexity index is 2540. The number of anilines is 1. The number of pyridine rings is 3. The SMILES string of the molecule is CCc1cc(-c2cccc3cc(-c4ccc(C(=O)NCC#Cc5cc(NC6CCC(=O)NC6=O)nn5C)nc4)ncc23)c2cc(C)c(=O)n(C)c2c1. The van der Waals surface area contributed by atoms with Crippen molar-refractivity contribution in [3.05, 3.63) is 106 Å². The quantitative estimate of drug-likeness (QED) is 0.164. The van der Waals surface area contributed by atoms with E-state index in [1.165, 1.54) is 0 Å². The van der Waals surface area contributed by atoms with Gasteiger partial charge in [0.15, 0.2) is 0 Å². The molecule has 0 radical (unpaired) electrons. The molecule has 12 heteroatoms. The van der Waals surface area contributed by atoms with Gasteiger partial charge in [-0.15, -0.1) is 0 Å². The van der Waals surface area contributed by atoms with Crippen molar-refractivity contribution >= 4 is 45.2 Å². The average molecular weight is 693 g/mol. The molecule has 0 saturated carbocycles. The average Bonchev–Trinajstić information content (AvgIpc) is 3.50. The highest BCUT2D eigenvalue weighted by Gasteiger charge is 2.27. The van der Waals surface area contributed by atoms with E-state index in [0.717, 1.165) is 56.0 Å². The lowest BCUT2D eigenvalue weighted by molar-refractivity contribution is -0.133. The number of carbonyl (C=O) groups is 3. The normalized spacial score (nSPS) is 14.2. The fourth-order valence-electron chi connectivity index (χ4n) is 6.46. The lowest BCUT2D eigenvalue weighted by Gasteiger charge is -2.21. The molecule has 2 aromatic carbocycles. The van der Waals surface area contributed by atoms with Crippen LogP contribution in [0, 0.1) is 18.8 Å². The molecule has 5 heterocycles. The van der Waals surface area contributed by atoms with Gasteiger partial charge in [-0.05, 0) is 78.1 Å². The van der Waals surface area contributed by atoms with Crippen molar-refractivity contribution in [3.8, 4) is 34.2 Å². The van der Waals surface area contributed by atoms with E-state index in [0.29, 0.717) is 23.5 Å². The molecule has 3 N–H and O–H groups in total. The van der Waals surface area contributed by atoms with Gasteiger partial charge in [0.2, 0.25) is 11.8 Å². The predicted molar refractivity (Wildman–Crippen MR) is 199 cm³/mol. The van der Waals surface area contributed by atoms with E-state index < -0.39 is 6.04 Å². The Morgan fingerprint density at radius 1 is 0.981 bits per heavy atom. The number of hydrogen-bond donors (Lipinski definition) is 3. The van der Waals surface area contributed by atoms with Crippen LogP contribution in [0.5, 0.6) is 0 Å². The maximum absolute atomic E-state index is 12.8. The van der Waals surface area contributed by atoms with E-state index in [-0.39, 0.29) is 41.9 Å². The third-order valence-electron chi connectivity index (χ3n) is 9.33. The van der Waals surface area contributed by atoms with Crippen molar-refractivity contribution in [1.29, 1.82) is 0 Å². The molecule has 1 saturated heterocycles. The molecule has 260 valence electrons. The molecular formula is C40H36N8O4. The summed E-state index contributed by atoms with van der Waals surface area (Å²) in [6.45, 7) is 4.04. The van der Waals surface area contributed by atoms with Gasteiger partial charge < -0.3 is 15.2 Å². The van der Waals surface area contributed by atoms with E-state index in [1.807, 2.05) is 50.5 Å². The standard InChI is InChI=1S/C40H36N8O4/c1-5-24-17-29(30-16-23(2)40(52)47(3)35(30)18-24)28-10-6-8-25-19-34(43-22-31(25)28)26-11-12-32(42-21-26)38(50)41-15-7-9-27-20-36(46-48(27)4)44-33-13-14-37(49)45-39(33)51/h6,8,10-12,16-22,33H,5,13-15H2,1-4H3,(H,41,50)(H,44,46)(H,45,49,51). The van der Waals surface area contributed by atoms with Crippen LogP contribution in [-0.2, 0) is 30.1 Å². The van der Waals surface area contributed by atoms with E-state index in [9.17, 15) is 19.2 Å². The van der Waals surface area contributed by atoms with E-state index in [2.05, 4.69) is 63.0 Å². The number of benzene rings is 2. The van der Waals surface area contributed by atoms with Crippen LogP contribution in [0.15, 0.2) is 77.9 Å². The molecular weight excluding hydrogens is 656 g/mol. The predicted octanol–water partition coefficient (Wildman–Crippen LogP) is 4.42. The fraction of sp³-hybridized carbons (Fsp3) is 0.225. The highest BCUT2D eigenvalue weighted by atomic mass is 16.2. The van der Waals surface area contributed by atoms with Gasteiger partial charge in [0.25, 0.3) is 11.5 Å². The number of fused-ring (bicyclic) bond motifs is 2. The van der Waals surface area contributed by atoms with Crippen molar-refractivity contribution < 1.29 is 14.4 Å². The van der Waals surface area contributed by atoms with Gasteiger partial charge in [-0.1, -0.05) is 37.1 Å². The molecule has 1 aliphatic rings. The Labute approximate surface area is 299 Å². The zero-order chi connectivity index (χ0) is 36.5. The molecule has 3 amide bonds. The van der Waals surface area contributed by atoms with Crippen LogP contribution < -0.4 is 21.5 Å². The molecule has 52 heavy (non-hydrogen) atoms. The number of amides is 3. The van der Waals surface area contributed by atoms with Gasteiger partial charge in [-0.2, -0.15) is 5.10 Å². The number of aromatic nitrogens is 5. The summed E-state index contributed by atoms with van der Waals surface area (Å²) in [5.74, 6) is 5.34. The number of aryl methyl sites for hydroxylation is 4. The number of hydrogen-bond acceptors (Lipinski definition) is 8. The zero-order valence-corrected chi connectivity index (χ0v) is 29.2. The van der Waals surface area contributed by atoms with Crippen LogP contribution >= 0.6 is 0 Å². The van der Waals surface area contributed by atoms with Crippen LogP contribution in [-0.4, -0.2) is 54.6 Å².